The fourth-order valence-corrected chi connectivity index (χ4v) is 3.60. The maximum absolute atomic E-state index is 5.49. The highest BCUT2D eigenvalue weighted by Gasteiger charge is 2.24. The molecule has 6 nitrogen and oxygen atoms in total. The molecule has 0 radical (unpaired) electrons. The van der Waals surface area contributed by atoms with Gasteiger partial charge in [0.05, 0.1) is 12.9 Å². The first-order chi connectivity index (χ1) is 12.3. The molecule has 140 valence electrons. The predicted molar refractivity (Wildman–Crippen MR) is 99.9 cm³/mol. The molecule has 0 aliphatic carbocycles. The Balaban J connectivity index is 1.39. The summed E-state index contributed by atoms with van der Waals surface area (Å²) in [6.45, 7) is 9.16. The third-order valence-corrected chi connectivity index (χ3v) is 5.02. The molecule has 1 atom stereocenters. The van der Waals surface area contributed by atoms with Gasteiger partial charge in [-0.15, -0.1) is 0 Å². The lowest BCUT2D eigenvalue weighted by Gasteiger charge is -2.34. The zero-order valence-electron chi connectivity index (χ0n) is 15.4. The molecule has 2 fully saturated rings. The van der Waals surface area contributed by atoms with E-state index >= 15 is 0 Å². The molecule has 3 heterocycles. The molecule has 2 aliphatic heterocycles. The van der Waals surface area contributed by atoms with Crippen LogP contribution in [0.25, 0.3) is 0 Å². The van der Waals surface area contributed by atoms with Gasteiger partial charge in [-0.25, -0.2) is 0 Å². The van der Waals surface area contributed by atoms with Crippen LogP contribution in [0.2, 0.25) is 0 Å². The number of nitrogens with zero attached hydrogens (tertiary/aromatic N) is 2. The number of hydrogen-bond acceptors (Lipinski definition) is 4. The minimum absolute atomic E-state index is 0.512. The van der Waals surface area contributed by atoms with E-state index in [1.54, 1.807) is 6.26 Å². The molecular formula is C19H32N4O2. The molecule has 1 unspecified atom stereocenters. The van der Waals surface area contributed by atoms with Crippen LogP contribution in [-0.4, -0.2) is 62.8 Å². The summed E-state index contributed by atoms with van der Waals surface area (Å²) in [6.07, 6.45) is 6.14. The largest absolute Gasteiger partial charge is 0.469 e. The van der Waals surface area contributed by atoms with Crippen LogP contribution in [0.15, 0.2) is 27.8 Å². The Labute approximate surface area is 151 Å². The van der Waals surface area contributed by atoms with E-state index in [2.05, 4.69) is 27.4 Å². The summed E-state index contributed by atoms with van der Waals surface area (Å²) < 4.78 is 10.9. The fourth-order valence-electron chi connectivity index (χ4n) is 3.60. The molecular weight excluding hydrogens is 316 g/mol. The number of rotatable bonds is 7. The highest BCUT2D eigenvalue weighted by molar-refractivity contribution is 5.80. The van der Waals surface area contributed by atoms with Crippen molar-refractivity contribution in [2.45, 2.75) is 38.6 Å². The van der Waals surface area contributed by atoms with Crippen molar-refractivity contribution >= 4 is 5.96 Å². The fraction of sp³-hybridized carbons (Fsp3) is 0.737. The van der Waals surface area contributed by atoms with Crippen molar-refractivity contribution < 1.29 is 9.15 Å². The molecule has 3 rings (SSSR count). The second-order valence-corrected chi connectivity index (χ2v) is 7.04. The quantitative estimate of drug-likeness (QED) is 0.582. The van der Waals surface area contributed by atoms with Gasteiger partial charge in [-0.2, -0.15) is 0 Å². The Bertz CT molecular complexity index is 504. The van der Waals surface area contributed by atoms with Crippen molar-refractivity contribution in [2.24, 2.45) is 10.9 Å². The molecule has 6 heteroatoms. The average molecular weight is 348 g/mol. The highest BCUT2D eigenvalue weighted by atomic mass is 16.5. The zero-order chi connectivity index (χ0) is 17.3. The van der Waals surface area contributed by atoms with Gasteiger partial charge in [-0.3, -0.25) is 4.99 Å². The van der Waals surface area contributed by atoms with Crippen LogP contribution in [0.4, 0.5) is 0 Å². The Morgan fingerprint density at radius 2 is 2.20 bits per heavy atom. The van der Waals surface area contributed by atoms with Crippen LogP contribution >= 0.6 is 0 Å². The normalized spacial score (nSPS) is 23.1. The monoisotopic (exact) mass is 348 g/mol. The number of furan rings is 1. The summed E-state index contributed by atoms with van der Waals surface area (Å²) in [4.78, 5) is 7.28. The van der Waals surface area contributed by atoms with Crippen LogP contribution in [-0.2, 0) is 11.2 Å². The Morgan fingerprint density at radius 1 is 1.32 bits per heavy atom. The standard InChI is InChI=1S/C19H32N4O2/c1-2-20-19(21-9-5-18-4-3-12-25-18)22-17-6-10-23(11-7-17)14-16-8-13-24-15-16/h3-4,12,16-17H,2,5-11,13-15H2,1H3,(H2,20,21,22). The van der Waals surface area contributed by atoms with Crippen LogP contribution in [0, 0.1) is 5.92 Å². The Kier molecular flexibility index (Phi) is 7.18. The number of piperidine rings is 1. The van der Waals surface area contributed by atoms with Crippen molar-refractivity contribution in [1.82, 2.24) is 15.5 Å². The van der Waals surface area contributed by atoms with E-state index in [0.29, 0.717) is 6.04 Å². The number of aliphatic imine (C=N–C) groups is 1. The van der Waals surface area contributed by atoms with E-state index in [1.165, 1.54) is 38.9 Å². The molecule has 1 aromatic heterocycles. The SMILES string of the molecule is CCNC(=NCCc1ccco1)NC1CCN(CC2CCOC2)CC1. The van der Waals surface area contributed by atoms with Crippen LogP contribution < -0.4 is 10.6 Å². The van der Waals surface area contributed by atoms with Gasteiger partial charge in [-0.05, 0) is 44.2 Å². The Morgan fingerprint density at radius 3 is 2.88 bits per heavy atom. The second-order valence-electron chi connectivity index (χ2n) is 7.04. The zero-order valence-corrected chi connectivity index (χ0v) is 15.4. The van der Waals surface area contributed by atoms with Gasteiger partial charge in [-0.1, -0.05) is 0 Å². The summed E-state index contributed by atoms with van der Waals surface area (Å²) in [5, 5.41) is 6.97. The molecule has 0 bridgehead atoms. The second kappa shape index (κ2) is 9.82. The van der Waals surface area contributed by atoms with E-state index in [-0.39, 0.29) is 0 Å². The molecule has 2 aliphatic rings. The summed E-state index contributed by atoms with van der Waals surface area (Å²) >= 11 is 0. The summed E-state index contributed by atoms with van der Waals surface area (Å²) in [5.74, 6) is 2.66. The van der Waals surface area contributed by atoms with Gasteiger partial charge in [0.2, 0.25) is 0 Å². The first-order valence-corrected chi connectivity index (χ1v) is 9.71. The number of guanidine groups is 1. The molecule has 0 spiro atoms. The minimum atomic E-state index is 0.512. The molecule has 1 aromatic rings. The molecule has 2 N–H and O–H groups in total. The van der Waals surface area contributed by atoms with Crippen molar-refractivity contribution in [3.8, 4) is 0 Å². The number of nitrogens with one attached hydrogen (secondary N) is 2. The first kappa shape index (κ1) is 18.3. The molecule has 0 amide bonds. The molecule has 25 heavy (non-hydrogen) atoms. The predicted octanol–water partition coefficient (Wildman–Crippen LogP) is 1.88. The van der Waals surface area contributed by atoms with E-state index < -0.39 is 0 Å². The van der Waals surface area contributed by atoms with E-state index in [0.717, 1.165) is 50.4 Å². The van der Waals surface area contributed by atoms with Gasteiger partial charge < -0.3 is 24.7 Å². The van der Waals surface area contributed by atoms with Gasteiger partial charge in [0.15, 0.2) is 5.96 Å². The lowest BCUT2D eigenvalue weighted by Crippen LogP contribution is -2.49. The Hall–Kier alpha value is -1.53. The maximum Gasteiger partial charge on any atom is 0.191 e. The number of likely N-dealkylation sites (tertiary alicyclic amines) is 1. The smallest absolute Gasteiger partial charge is 0.191 e. The van der Waals surface area contributed by atoms with Gasteiger partial charge in [0.25, 0.3) is 0 Å². The summed E-state index contributed by atoms with van der Waals surface area (Å²) in [5.41, 5.74) is 0. The van der Waals surface area contributed by atoms with Crippen LogP contribution in [0.1, 0.15) is 31.9 Å². The first-order valence-electron chi connectivity index (χ1n) is 9.71. The van der Waals surface area contributed by atoms with Gasteiger partial charge in [0, 0.05) is 51.8 Å². The van der Waals surface area contributed by atoms with Gasteiger partial charge >= 0.3 is 0 Å². The van der Waals surface area contributed by atoms with Crippen molar-refractivity contribution in [3.63, 3.8) is 0 Å². The average Bonchev–Trinajstić information content (AvgIpc) is 3.31. The van der Waals surface area contributed by atoms with E-state index in [1.807, 2.05) is 12.1 Å². The number of hydrogen-bond donors (Lipinski definition) is 2. The third kappa shape index (κ3) is 6.04. The van der Waals surface area contributed by atoms with E-state index in [4.69, 9.17) is 9.15 Å². The van der Waals surface area contributed by atoms with E-state index in [9.17, 15) is 0 Å². The maximum atomic E-state index is 5.49. The summed E-state index contributed by atoms with van der Waals surface area (Å²) in [7, 11) is 0. The number of ether oxygens (including phenoxy) is 1. The minimum Gasteiger partial charge on any atom is -0.469 e. The topological polar surface area (TPSA) is 62.0 Å². The van der Waals surface area contributed by atoms with Crippen molar-refractivity contribution in [2.75, 3.05) is 45.9 Å². The van der Waals surface area contributed by atoms with Gasteiger partial charge in [0.1, 0.15) is 5.76 Å². The third-order valence-electron chi connectivity index (χ3n) is 5.02. The van der Waals surface area contributed by atoms with Crippen molar-refractivity contribution in [3.05, 3.63) is 24.2 Å². The lowest BCUT2D eigenvalue weighted by molar-refractivity contribution is 0.150. The molecule has 0 aromatic carbocycles. The lowest BCUT2D eigenvalue weighted by atomic mass is 10.0. The van der Waals surface area contributed by atoms with Crippen LogP contribution in [0.3, 0.4) is 0 Å². The van der Waals surface area contributed by atoms with Crippen LogP contribution in [0.5, 0.6) is 0 Å². The summed E-state index contributed by atoms with van der Waals surface area (Å²) in [6, 6.07) is 4.44. The molecule has 0 saturated carbocycles. The molecule has 2 saturated heterocycles. The van der Waals surface area contributed by atoms with Crippen molar-refractivity contribution in [1.29, 1.82) is 0 Å². The highest BCUT2D eigenvalue weighted by Crippen LogP contribution is 2.17.